The summed E-state index contributed by atoms with van der Waals surface area (Å²) in [4.78, 5) is 13.5. The molecule has 2 rings (SSSR count). The Hall–Kier alpha value is -0.190. The van der Waals surface area contributed by atoms with Crippen LogP contribution in [0.15, 0.2) is 11.2 Å². The zero-order valence-corrected chi connectivity index (χ0v) is 11.0. The summed E-state index contributed by atoms with van der Waals surface area (Å²) < 4.78 is 0. The molecule has 1 saturated heterocycles. The van der Waals surface area contributed by atoms with Crippen molar-refractivity contribution >= 4 is 29.3 Å². The number of amides is 1. The molecule has 1 fully saturated rings. The lowest BCUT2D eigenvalue weighted by molar-refractivity contribution is -0.141. The van der Waals surface area contributed by atoms with Gasteiger partial charge >= 0.3 is 0 Å². The molecule has 0 saturated carbocycles. The van der Waals surface area contributed by atoms with Gasteiger partial charge in [0.1, 0.15) is 11.4 Å². The SMILES string of the molecule is CCCCCNC1C(=O)N2C=C(Cl)CS[C@H]12. The number of thioether (sulfide) groups is 1. The van der Waals surface area contributed by atoms with Gasteiger partial charge in [-0.05, 0) is 13.0 Å². The molecular weight excluding hydrogens is 244 g/mol. The average Bonchev–Trinajstić information content (AvgIpc) is 2.29. The number of hydrogen-bond donors (Lipinski definition) is 1. The van der Waals surface area contributed by atoms with E-state index < -0.39 is 0 Å². The van der Waals surface area contributed by atoms with Gasteiger partial charge in [-0.25, -0.2) is 0 Å². The van der Waals surface area contributed by atoms with Crippen molar-refractivity contribution in [2.45, 2.75) is 37.6 Å². The van der Waals surface area contributed by atoms with Crippen LogP contribution in [0, 0.1) is 0 Å². The first-order chi connectivity index (χ1) is 7.74. The van der Waals surface area contributed by atoms with Crippen LogP contribution < -0.4 is 5.32 Å². The van der Waals surface area contributed by atoms with Crippen molar-refractivity contribution < 1.29 is 4.79 Å². The van der Waals surface area contributed by atoms with Gasteiger partial charge in [0.05, 0.1) is 0 Å². The number of halogens is 1. The number of rotatable bonds is 5. The first-order valence-electron chi connectivity index (χ1n) is 5.77. The molecule has 90 valence electrons. The minimum Gasteiger partial charge on any atom is -0.303 e. The van der Waals surface area contributed by atoms with Crippen molar-refractivity contribution in [3.05, 3.63) is 11.2 Å². The highest BCUT2D eigenvalue weighted by atomic mass is 35.5. The van der Waals surface area contributed by atoms with E-state index in [0.29, 0.717) is 0 Å². The Balaban J connectivity index is 1.79. The third-order valence-corrected chi connectivity index (χ3v) is 4.60. The predicted molar refractivity (Wildman–Crippen MR) is 68.3 cm³/mol. The minimum atomic E-state index is 0.00266. The van der Waals surface area contributed by atoms with E-state index in [-0.39, 0.29) is 17.3 Å². The van der Waals surface area contributed by atoms with Crippen molar-refractivity contribution in [2.75, 3.05) is 12.3 Å². The van der Waals surface area contributed by atoms with Crippen molar-refractivity contribution in [1.82, 2.24) is 10.2 Å². The molecule has 2 aliphatic heterocycles. The number of carbonyl (C=O) groups is 1. The van der Waals surface area contributed by atoms with Crippen molar-refractivity contribution in [2.24, 2.45) is 0 Å². The molecule has 1 unspecified atom stereocenters. The molecule has 2 heterocycles. The Kier molecular flexibility index (Phi) is 4.16. The van der Waals surface area contributed by atoms with Gasteiger partial charge in [0.15, 0.2) is 0 Å². The molecule has 0 aromatic carbocycles. The topological polar surface area (TPSA) is 32.3 Å². The molecule has 0 bridgehead atoms. The zero-order chi connectivity index (χ0) is 11.5. The second-order valence-electron chi connectivity index (χ2n) is 4.16. The van der Waals surface area contributed by atoms with E-state index >= 15 is 0 Å². The molecule has 0 aliphatic carbocycles. The van der Waals surface area contributed by atoms with Crippen LogP contribution in [-0.4, -0.2) is 34.5 Å². The van der Waals surface area contributed by atoms with E-state index in [0.717, 1.165) is 23.8 Å². The summed E-state index contributed by atoms with van der Waals surface area (Å²) in [5, 5.41) is 4.36. The maximum absolute atomic E-state index is 11.8. The smallest absolute Gasteiger partial charge is 0.247 e. The summed E-state index contributed by atoms with van der Waals surface area (Å²) in [6.07, 6.45) is 5.35. The molecule has 1 amide bonds. The molecule has 0 aromatic heterocycles. The Morgan fingerprint density at radius 2 is 2.44 bits per heavy atom. The summed E-state index contributed by atoms with van der Waals surface area (Å²) in [5.74, 6) is 0.982. The van der Waals surface area contributed by atoms with Gasteiger partial charge in [-0.15, -0.1) is 11.8 Å². The van der Waals surface area contributed by atoms with E-state index in [1.165, 1.54) is 12.8 Å². The van der Waals surface area contributed by atoms with Crippen LogP contribution >= 0.6 is 23.4 Å². The fourth-order valence-electron chi connectivity index (χ4n) is 1.97. The standard InChI is InChI=1S/C11H17ClN2OS/c1-2-3-4-5-13-9-10(15)14-6-8(12)7-16-11(9)14/h6,9,11,13H,2-5,7H2,1H3/t9?,11-/m1/s1. The lowest BCUT2D eigenvalue weighted by Crippen LogP contribution is -2.67. The van der Waals surface area contributed by atoms with Gasteiger partial charge in [-0.2, -0.15) is 0 Å². The normalized spacial score (nSPS) is 28.5. The highest BCUT2D eigenvalue weighted by molar-refractivity contribution is 8.00. The van der Waals surface area contributed by atoms with Crippen molar-refractivity contribution in [1.29, 1.82) is 0 Å². The molecule has 1 N–H and O–H groups in total. The van der Waals surface area contributed by atoms with Crippen LogP contribution in [0.4, 0.5) is 0 Å². The second-order valence-corrected chi connectivity index (χ2v) is 5.75. The quantitative estimate of drug-likeness (QED) is 0.607. The summed E-state index contributed by atoms with van der Waals surface area (Å²) >= 11 is 7.63. The van der Waals surface area contributed by atoms with Gasteiger partial charge in [0, 0.05) is 17.0 Å². The van der Waals surface area contributed by atoms with Crippen LogP contribution in [0.25, 0.3) is 0 Å². The molecule has 0 spiro atoms. The Labute approximate surface area is 106 Å². The summed E-state index contributed by atoms with van der Waals surface area (Å²) in [7, 11) is 0. The van der Waals surface area contributed by atoms with E-state index in [1.807, 2.05) is 0 Å². The molecule has 0 aromatic rings. The van der Waals surface area contributed by atoms with Crippen LogP contribution in [0.1, 0.15) is 26.2 Å². The number of carbonyl (C=O) groups excluding carboxylic acids is 1. The first kappa shape index (κ1) is 12.3. The zero-order valence-electron chi connectivity index (χ0n) is 9.41. The lowest BCUT2D eigenvalue weighted by atomic mass is 10.1. The number of fused-ring (bicyclic) bond motifs is 1. The van der Waals surface area contributed by atoms with Gasteiger partial charge < -0.3 is 10.2 Å². The molecule has 3 nitrogen and oxygen atoms in total. The maximum Gasteiger partial charge on any atom is 0.247 e. The number of hydrogen-bond acceptors (Lipinski definition) is 3. The lowest BCUT2D eigenvalue weighted by Gasteiger charge is -2.47. The van der Waals surface area contributed by atoms with Crippen LogP contribution in [0.3, 0.4) is 0 Å². The fraction of sp³-hybridized carbons (Fsp3) is 0.727. The third kappa shape index (κ3) is 2.39. The van der Waals surface area contributed by atoms with Gasteiger partial charge in [-0.1, -0.05) is 31.4 Å². The third-order valence-electron chi connectivity index (χ3n) is 2.90. The van der Waals surface area contributed by atoms with Crippen molar-refractivity contribution in [3.63, 3.8) is 0 Å². The average molecular weight is 261 g/mol. The van der Waals surface area contributed by atoms with Crippen LogP contribution in [-0.2, 0) is 4.79 Å². The number of nitrogens with zero attached hydrogens (tertiary/aromatic N) is 1. The second kappa shape index (κ2) is 5.43. The molecule has 2 atom stereocenters. The van der Waals surface area contributed by atoms with E-state index in [2.05, 4.69) is 12.2 Å². The fourth-order valence-corrected chi connectivity index (χ4v) is 3.40. The molecular formula is C11H17ClN2OS. The van der Waals surface area contributed by atoms with E-state index in [4.69, 9.17) is 11.6 Å². The molecule has 2 aliphatic rings. The molecule has 0 radical (unpaired) electrons. The van der Waals surface area contributed by atoms with Crippen LogP contribution in [0.5, 0.6) is 0 Å². The van der Waals surface area contributed by atoms with Gasteiger partial charge in [-0.3, -0.25) is 4.79 Å². The van der Waals surface area contributed by atoms with Gasteiger partial charge in [0.25, 0.3) is 0 Å². The molecule has 5 heteroatoms. The largest absolute Gasteiger partial charge is 0.303 e. The van der Waals surface area contributed by atoms with E-state index in [1.54, 1.807) is 22.9 Å². The predicted octanol–water partition coefficient (Wildman–Crippen LogP) is 2.13. The highest BCUT2D eigenvalue weighted by Crippen LogP contribution is 2.36. The first-order valence-corrected chi connectivity index (χ1v) is 7.20. The van der Waals surface area contributed by atoms with Gasteiger partial charge in [0.2, 0.25) is 5.91 Å². The minimum absolute atomic E-state index is 0.00266. The Morgan fingerprint density at radius 3 is 3.19 bits per heavy atom. The summed E-state index contributed by atoms with van der Waals surface area (Å²) in [5.41, 5.74) is 0. The van der Waals surface area contributed by atoms with Crippen LogP contribution in [0.2, 0.25) is 0 Å². The summed E-state index contributed by atoms with van der Waals surface area (Å²) in [6, 6.07) is 0.00266. The number of unbranched alkanes of at least 4 members (excludes halogenated alkanes) is 2. The summed E-state index contributed by atoms with van der Waals surface area (Å²) in [6.45, 7) is 3.12. The Morgan fingerprint density at radius 1 is 1.62 bits per heavy atom. The Bertz CT molecular complexity index is 308. The monoisotopic (exact) mass is 260 g/mol. The highest BCUT2D eigenvalue weighted by Gasteiger charge is 2.47. The number of nitrogens with one attached hydrogen (secondary N) is 1. The van der Waals surface area contributed by atoms with Crippen molar-refractivity contribution in [3.8, 4) is 0 Å². The van der Waals surface area contributed by atoms with E-state index in [9.17, 15) is 4.79 Å². The molecule has 16 heavy (non-hydrogen) atoms. The number of β-lactam (4-membered cyclic amide) rings is 1. The maximum atomic E-state index is 11.8.